The molecule has 1 aromatic rings. The van der Waals surface area contributed by atoms with Gasteiger partial charge >= 0.3 is 0 Å². The van der Waals surface area contributed by atoms with Gasteiger partial charge in [-0.1, -0.05) is 12.1 Å². The third-order valence-electron chi connectivity index (χ3n) is 1.66. The van der Waals surface area contributed by atoms with Gasteiger partial charge in [-0.3, -0.25) is 0 Å². The Morgan fingerprint density at radius 2 is 2.33 bits per heavy atom. The molecule has 1 rings (SSSR count). The van der Waals surface area contributed by atoms with Crippen molar-refractivity contribution in [1.82, 2.24) is 4.98 Å². The molecule has 1 atom stereocenters. The van der Waals surface area contributed by atoms with E-state index in [1.165, 1.54) is 0 Å². The summed E-state index contributed by atoms with van der Waals surface area (Å²) in [5.41, 5.74) is 12.2. The molecule has 0 amide bonds. The molecular formula is C9H13N3. The molecular weight excluding hydrogens is 150 g/mol. The molecule has 0 aliphatic rings. The first-order valence-electron chi connectivity index (χ1n) is 3.82. The maximum atomic E-state index is 5.80. The van der Waals surface area contributed by atoms with E-state index >= 15 is 0 Å². The first kappa shape index (κ1) is 8.74. The minimum absolute atomic E-state index is 0.0180. The van der Waals surface area contributed by atoms with Crippen LogP contribution in [0.4, 0.5) is 5.82 Å². The monoisotopic (exact) mass is 163 g/mol. The average Bonchev–Trinajstić information content (AvgIpc) is 2.06. The number of nitrogen functional groups attached to an aromatic ring is 1. The lowest BCUT2D eigenvalue weighted by molar-refractivity contribution is 0.738. The van der Waals surface area contributed by atoms with E-state index in [9.17, 15) is 0 Å². The van der Waals surface area contributed by atoms with Gasteiger partial charge in [0.2, 0.25) is 0 Å². The lowest BCUT2D eigenvalue weighted by atomic mass is 10.1. The number of hydrogen-bond acceptors (Lipinski definition) is 3. The minimum Gasteiger partial charge on any atom is -0.384 e. The predicted octanol–water partition coefficient (Wildman–Crippen LogP) is 1.24. The second-order valence-electron chi connectivity index (χ2n) is 2.65. The van der Waals surface area contributed by atoms with E-state index in [2.05, 4.69) is 11.6 Å². The van der Waals surface area contributed by atoms with Crippen LogP contribution in [0.5, 0.6) is 0 Å². The fourth-order valence-corrected chi connectivity index (χ4v) is 0.952. The van der Waals surface area contributed by atoms with Gasteiger partial charge < -0.3 is 11.5 Å². The summed E-state index contributed by atoms with van der Waals surface area (Å²) >= 11 is 0. The maximum absolute atomic E-state index is 5.80. The Bertz CT molecular complexity index is 253. The molecule has 12 heavy (non-hydrogen) atoms. The van der Waals surface area contributed by atoms with Crippen LogP contribution >= 0.6 is 0 Å². The highest BCUT2D eigenvalue weighted by Crippen LogP contribution is 2.13. The van der Waals surface area contributed by atoms with Gasteiger partial charge in [0.1, 0.15) is 5.82 Å². The predicted molar refractivity (Wildman–Crippen MR) is 50.4 cm³/mol. The number of nitrogens with zero attached hydrogens (tertiary/aromatic N) is 1. The fraction of sp³-hybridized carbons (Fsp3) is 0.222. The Hall–Kier alpha value is -1.35. The van der Waals surface area contributed by atoms with Crippen LogP contribution in [0.25, 0.3) is 0 Å². The molecule has 0 saturated heterocycles. The number of pyridine rings is 1. The molecule has 64 valence electrons. The van der Waals surface area contributed by atoms with Crippen LogP contribution in [0.15, 0.2) is 31.0 Å². The fourth-order valence-electron chi connectivity index (χ4n) is 0.952. The number of anilines is 1. The van der Waals surface area contributed by atoms with Crippen LogP contribution < -0.4 is 11.5 Å². The largest absolute Gasteiger partial charge is 0.384 e. The Balaban J connectivity index is 2.74. The highest BCUT2D eigenvalue weighted by molar-refractivity contribution is 5.30. The molecule has 1 unspecified atom stereocenters. The highest BCUT2D eigenvalue weighted by Gasteiger charge is 2.02. The molecule has 0 spiro atoms. The van der Waals surface area contributed by atoms with Gasteiger partial charge in [-0.25, -0.2) is 4.98 Å². The normalized spacial score (nSPS) is 12.4. The Morgan fingerprint density at radius 1 is 1.58 bits per heavy atom. The van der Waals surface area contributed by atoms with Gasteiger partial charge in [0.15, 0.2) is 0 Å². The zero-order valence-corrected chi connectivity index (χ0v) is 6.90. The van der Waals surface area contributed by atoms with Crippen LogP contribution in [0, 0.1) is 0 Å². The van der Waals surface area contributed by atoms with Crippen molar-refractivity contribution in [2.75, 3.05) is 5.73 Å². The Kier molecular flexibility index (Phi) is 2.82. The number of nitrogens with two attached hydrogens (primary N) is 2. The first-order valence-corrected chi connectivity index (χ1v) is 3.82. The standard InChI is InChI=1S/C9H13N3/c1-2-3-8(10)7-4-5-9(11)12-6-7/h2,4-6,8H,1,3,10H2,(H2,11,12). The SMILES string of the molecule is C=CCC(N)c1ccc(N)nc1. The lowest BCUT2D eigenvalue weighted by Crippen LogP contribution is -2.09. The summed E-state index contributed by atoms with van der Waals surface area (Å²) in [6.45, 7) is 3.62. The Labute approximate surface area is 72.1 Å². The van der Waals surface area contributed by atoms with Crippen LogP contribution in [-0.4, -0.2) is 4.98 Å². The maximum Gasteiger partial charge on any atom is 0.123 e. The van der Waals surface area contributed by atoms with Gasteiger partial charge in [-0.2, -0.15) is 0 Å². The molecule has 3 heteroatoms. The van der Waals surface area contributed by atoms with E-state index in [0.29, 0.717) is 5.82 Å². The summed E-state index contributed by atoms with van der Waals surface area (Å²) in [5, 5.41) is 0. The van der Waals surface area contributed by atoms with Gasteiger partial charge in [0, 0.05) is 12.2 Å². The quantitative estimate of drug-likeness (QED) is 0.659. The van der Waals surface area contributed by atoms with E-state index in [1.807, 2.05) is 6.07 Å². The zero-order valence-electron chi connectivity index (χ0n) is 6.90. The molecule has 0 aliphatic carbocycles. The second-order valence-corrected chi connectivity index (χ2v) is 2.65. The summed E-state index contributed by atoms with van der Waals surface area (Å²) in [5.74, 6) is 0.518. The zero-order chi connectivity index (χ0) is 8.97. The molecule has 0 saturated carbocycles. The van der Waals surface area contributed by atoms with Crippen molar-refractivity contribution in [3.63, 3.8) is 0 Å². The molecule has 1 heterocycles. The summed E-state index contributed by atoms with van der Waals surface area (Å²) in [6.07, 6.45) is 4.25. The van der Waals surface area contributed by atoms with E-state index in [4.69, 9.17) is 11.5 Å². The van der Waals surface area contributed by atoms with Crippen molar-refractivity contribution in [3.8, 4) is 0 Å². The minimum atomic E-state index is -0.0180. The third-order valence-corrected chi connectivity index (χ3v) is 1.66. The molecule has 0 fully saturated rings. The second kappa shape index (κ2) is 3.88. The van der Waals surface area contributed by atoms with Crippen molar-refractivity contribution < 1.29 is 0 Å². The van der Waals surface area contributed by atoms with Crippen LogP contribution in [0.2, 0.25) is 0 Å². The summed E-state index contributed by atoms with van der Waals surface area (Å²) in [4.78, 5) is 3.95. The molecule has 0 bridgehead atoms. The van der Waals surface area contributed by atoms with Gasteiger partial charge in [0.05, 0.1) is 0 Å². The Morgan fingerprint density at radius 3 is 2.83 bits per heavy atom. The number of hydrogen-bond donors (Lipinski definition) is 2. The van der Waals surface area contributed by atoms with E-state index in [1.54, 1.807) is 18.3 Å². The van der Waals surface area contributed by atoms with Crippen molar-refractivity contribution in [2.24, 2.45) is 5.73 Å². The molecule has 0 aliphatic heterocycles. The number of aromatic nitrogens is 1. The third kappa shape index (κ3) is 2.07. The van der Waals surface area contributed by atoms with E-state index in [-0.39, 0.29) is 6.04 Å². The van der Waals surface area contributed by atoms with Crippen molar-refractivity contribution in [1.29, 1.82) is 0 Å². The van der Waals surface area contributed by atoms with Crippen LogP contribution in [0.3, 0.4) is 0 Å². The summed E-state index contributed by atoms with van der Waals surface area (Å²) in [7, 11) is 0. The summed E-state index contributed by atoms with van der Waals surface area (Å²) in [6, 6.07) is 3.62. The molecule has 3 nitrogen and oxygen atoms in total. The highest BCUT2D eigenvalue weighted by atomic mass is 14.8. The lowest BCUT2D eigenvalue weighted by Gasteiger charge is -2.07. The van der Waals surface area contributed by atoms with Gasteiger partial charge in [0.25, 0.3) is 0 Å². The van der Waals surface area contributed by atoms with E-state index in [0.717, 1.165) is 12.0 Å². The molecule has 4 N–H and O–H groups in total. The van der Waals surface area contributed by atoms with Crippen LogP contribution in [0.1, 0.15) is 18.0 Å². The smallest absolute Gasteiger partial charge is 0.123 e. The number of rotatable bonds is 3. The van der Waals surface area contributed by atoms with Gasteiger partial charge in [-0.15, -0.1) is 6.58 Å². The summed E-state index contributed by atoms with van der Waals surface area (Å²) < 4.78 is 0. The molecule has 1 aromatic heterocycles. The van der Waals surface area contributed by atoms with Gasteiger partial charge in [-0.05, 0) is 18.1 Å². The van der Waals surface area contributed by atoms with Crippen molar-refractivity contribution in [2.45, 2.75) is 12.5 Å². The average molecular weight is 163 g/mol. The first-order chi connectivity index (χ1) is 5.74. The van der Waals surface area contributed by atoms with Crippen molar-refractivity contribution >= 4 is 5.82 Å². The molecule has 0 radical (unpaired) electrons. The topological polar surface area (TPSA) is 64.9 Å². The van der Waals surface area contributed by atoms with Crippen molar-refractivity contribution in [3.05, 3.63) is 36.5 Å². The molecule has 0 aromatic carbocycles. The van der Waals surface area contributed by atoms with E-state index < -0.39 is 0 Å². The van der Waals surface area contributed by atoms with Crippen LogP contribution in [-0.2, 0) is 0 Å².